The molecule has 134 valence electrons. The molecule has 0 aromatic heterocycles. The number of aryl methyl sites for hydroxylation is 1. The molecule has 8 heteroatoms. The number of amides is 2. The molecule has 0 bridgehead atoms. The molecular formula is C16H21F3N2O3. The molecule has 0 unspecified atom stereocenters. The second-order valence-electron chi connectivity index (χ2n) is 6.11. The Balaban J connectivity index is 1.95. The molecule has 0 heterocycles. The number of ether oxygens (including phenoxy) is 1. The summed E-state index contributed by atoms with van der Waals surface area (Å²) in [7, 11) is 0. The van der Waals surface area contributed by atoms with Crippen LogP contribution in [0.3, 0.4) is 0 Å². The van der Waals surface area contributed by atoms with Crippen molar-refractivity contribution in [1.29, 1.82) is 0 Å². The van der Waals surface area contributed by atoms with Gasteiger partial charge in [0.1, 0.15) is 5.75 Å². The van der Waals surface area contributed by atoms with Crippen LogP contribution in [-0.4, -0.2) is 36.1 Å². The number of aliphatic hydroxyl groups excluding tert-OH is 1. The van der Waals surface area contributed by atoms with Crippen LogP contribution in [0.25, 0.3) is 0 Å². The summed E-state index contributed by atoms with van der Waals surface area (Å²) in [6.45, 7) is 0.116. The fraction of sp³-hybridized carbons (Fsp3) is 0.562. The number of halogens is 3. The maximum Gasteiger partial charge on any atom is 0.422 e. The fourth-order valence-electron chi connectivity index (χ4n) is 2.83. The van der Waals surface area contributed by atoms with E-state index in [0.717, 1.165) is 25.7 Å². The number of aliphatic hydroxyl groups is 1. The second kappa shape index (κ2) is 7.29. The van der Waals surface area contributed by atoms with Crippen LogP contribution in [0, 0.1) is 6.92 Å². The zero-order valence-corrected chi connectivity index (χ0v) is 13.4. The molecule has 1 fully saturated rings. The SMILES string of the molecule is Cc1cc(NC(=O)NC2(CO)CCCC2)ccc1OCC(F)(F)F. The zero-order chi connectivity index (χ0) is 17.8. The molecule has 2 amide bonds. The Morgan fingerprint density at radius 2 is 2.00 bits per heavy atom. The number of anilines is 1. The highest BCUT2D eigenvalue weighted by Crippen LogP contribution is 2.29. The summed E-state index contributed by atoms with van der Waals surface area (Å²) in [6, 6.07) is 3.94. The molecule has 0 spiro atoms. The third-order valence-corrected chi connectivity index (χ3v) is 4.07. The van der Waals surface area contributed by atoms with E-state index in [0.29, 0.717) is 11.3 Å². The number of carbonyl (C=O) groups is 1. The lowest BCUT2D eigenvalue weighted by Gasteiger charge is -2.28. The lowest BCUT2D eigenvalue weighted by atomic mass is 9.99. The van der Waals surface area contributed by atoms with Gasteiger partial charge < -0.3 is 20.5 Å². The van der Waals surface area contributed by atoms with Gasteiger partial charge in [-0.15, -0.1) is 0 Å². The van der Waals surface area contributed by atoms with Crippen molar-refractivity contribution in [2.45, 2.75) is 44.3 Å². The first-order valence-electron chi connectivity index (χ1n) is 7.73. The zero-order valence-electron chi connectivity index (χ0n) is 13.4. The molecular weight excluding hydrogens is 325 g/mol. The number of alkyl halides is 3. The van der Waals surface area contributed by atoms with Crippen molar-refractivity contribution >= 4 is 11.7 Å². The molecule has 1 aromatic rings. The number of hydrogen-bond acceptors (Lipinski definition) is 3. The van der Waals surface area contributed by atoms with Gasteiger partial charge in [-0.3, -0.25) is 0 Å². The normalized spacial score (nSPS) is 16.7. The van der Waals surface area contributed by atoms with Gasteiger partial charge in [0.2, 0.25) is 0 Å². The average Bonchev–Trinajstić information content (AvgIpc) is 2.94. The number of benzene rings is 1. The van der Waals surface area contributed by atoms with Gasteiger partial charge in [-0.05, 0) is 43.5 Å². The van der Waals surface area contributed by atoms with Crippen LogP contribution >= 0.6 is 0 Å². The predicted molar refractivity (Wildman–Crippen MR) is 83.2 cm³/mol. The van der Waals surface area contributed by atoms with Crippen LogP contribution in [-0.2, 0) is 0 Å². The Labute approximate surface area is 138 Å². The number of rotatable bonds is 5. The summed E-state index contributed by atoms with van der Waals surface area (Å²) < 4.78 is 41.2. The summed E-state index contributed by atoms with van der Waals surface area (Å²) in [6.07, 6.45) is -1.06. The Morgan fingerprint density at radius 3 is 2.54 bits per heavy atom. The quantitative estimate of drug-likeness (QED) is 0.766. The molecule has 1 saturated carbocycles. The highest BCUT2D eigenvalue weighted by Gasteiger charge is 2.34. The average molecular weight is 346 g/mol. The first kappa shape index (κ1) is 18.4. The van der Waals surface area contributed by atoms with Gasteiger partial charge in [-0.2, -0.15) is 13.2 Å². The maximum absolute atomic E-state index is 12.2. The molecule has 24 heavy (non-hydrogen) atoms. The van der Waals surface area contributed by atoms with E-state index in [-0.39, 0.29) is 12.4 Å². The van der Waals surface area contributed by atoms with E-state index in [1.54, 1.807) is 6.92 Å². The molecule has 2 rings (SSSR count). The third-order valence-electron chi connectivity index (χ3n) is 4.07. The van der Waals surface area contributed by atoms with Crippen molar-refractivity contribution in [3.05, 3.63) is 23.8 Å². The minimum atomic E-state index is -4.40. The number of nitrogens with one attached hydrogen (secondary N) is 2. The highest BCUT2D eigenvalue weighted by atomic mass is 19.4. The predicted octanol–water partition coefficient (Wildman–Crippen LogP) is 3.36. The van der Waals surface area contributed by atoms with Gasteiger partial charge in [-0.25, -0.2) is 4.79 Å². The van der Waals surface area contributed by atoms with Gasteiger partial charge in [0.25, 0.3) is 0 Å². The summed E-state index contributed by atoms with van der Waals surface area (Å²) in [5.41, 5.74) is 0.333. The molecule has 0 radical (unpaired) electrons. The van der Waals surface area contributed by atoms with Crippen molar-refractivity contribution in [2.75, 3.05) is 18.5 Å². The van der Waals surface area contributed by atoms with Crippen molar-refractivity contribution < 1.29 is 27.8 Å². The van der Waals surface area contributed by atoms with Gasteiger partial charge in [0.05, 0.1) is 12.1 Å². The number of hydrogen-bond donors (Lipinski definition) is 3. The second-order valence-corrected chi connectivity index (χ2v) is 6.11. The Bertz CT molecular complexity index is 584. The Kier molecular flexibility index (Phi) is 5.58. The van der Waals surface area contributed by atoms with Crippen LogP contribution in [0.5, 0.6) is 5.75 Å². The third kappa shape index (κ3) is 5.02. The summed E-state index contributed by atoms with van der Waals surface area (Å²) in [5.74, 6) is 0.112. The lowest BCUT2D eigenvalue weighted by molar-refractivity contribution is -0.153. The van der Waals surface area contributed by atoms with Crippen LogP contribution in [0.1, 0.15) is 31.2 Å². The summed E-state index contributed by atoms with van der Waals surface area (Å²) >= 11 is 0. The van der Waals surface area contributed by atoms with Gasteiger partial charge in [0, 0.05) is 5.69 Å². The molecule has 1 aromatic carbocycles. The minimum absolute atomic E-state index is 0.112. The molecule has 0 saturated heterocycles. The van der Waals surface area contributed by atoms with E-state index in [1.165, 1.54) is 18.2 Å². The Morgan fingerprint density at radius 1 is 1.33 bits per heavy atom. The molecule has 1 aliphatic carbocycles. The first-order chi connectivity index (χ1) is 11.2. The molecule has 3 N–H and O–H groups in total. The van der Waals surface area contributed by atoms with E-state index in [9.17, 15) is 23.1 Å². The standard InChI is InChI=1S/C16H21F3N2O3/c1-11-8-12(4-5-13(11)24-10-16(17,18)19)20-14(23)21-15(9-22)6-2-3-7-15/h4-5,8,22H,2-3,6-7,9-10H2,1H3,(H2,20,21,23). The molecule has 0 aliphatic heterocycles. The van der Waals surface area contributed by atoms with Crippen molar-refractivity contribution in [1.82, 2.24) is 5.32 Å². The summed E-state index contributed by atoms with van der Waals surface area (Å²) in [5, 5.41) is 14.9. The Hall–Kier alpha value is -1.96. The topological polar surface area (TPSA) is 70.6 Å². The van der Waals surface area contributed by atoms with Crippen LogP contribution < -0.4 is 15.4 Å². The fourth-order valence-corrected chi connectivity index (χ4v) is 2.83. The van der Waals surface area contributed by atoms with E-state index in [2.05, 4.69) is 10.6 Å². The van der Waals surface area contributed by atoms with Crippen LogP contribution in [0.15, 0.2) is 18.2 Å². The van der Waals surface area contributed by atoms with Gasteiger partial charge in [-0.1, -0.05) is 12.8 Å². The van der Waals surface area contributed by atoms with E-state index in [1.807, 2.05) is 0 Å². The molecule has 0 atom stereocenters. The molecule has 1 aliphatic rings. The first-order valence-corrected chi connectivity index (χ1v) is 7.73. The van der Waals surface area contributed by atoms with E-state index in [4.69, 9.17) is 4.74 Å². The van der Waals surface area contributed by atoms with Crippen LogP contribution in [0.2, 0.25) is 0 Å². The number of carbonyl (C=O) groups excluding carboxylic acids is 1. The minimum Gasteiger partial charge on any atom is -0.484 e. The van der Waals surface area contributed by atoms with Gasteiger partial charge in [0.15, 0.2) is 6.61 Å². The monoisotopic (exact) mass is 346 g/mol. The van der Waals surface area contributed by atoms with Crippen molar-refractivity contribution in [2.24, 2.45) is 0 Å². The highest BCUT2D eigenvalue weighted by molar-refractivity contribution is 5.90. The summed E-state index contributed by atoms with van der Waals surface area (Å²) in [4.78, 5) is 12.1. The maximum atomic E-state index is 12.2. The van der Waals surface area contributed by atoms with E-state index >= 15 is 0 Å². The van der Waals surface area contributed by atoms with Crippen molar-refractivity contribution in [3.8, 4) is 5.75 Å². The number of urea groups is 1. The lowest BCUT2D eigenvalue weighted by Crippen LogP contribution is -2.50. The van der Waals surface area contributed by atoms with Crippen molar-refractivity contribution in [3.63, 3.8) is 0 Å². The smallest absolute Gasteiger partial charge is 0.422 e. The van der Waals surface area contributed by atoms with Gasteiger partial charge >= 0.3 is 12.2 Å². The van der Waals surface area contributed by atoms with Crippen LogP contribution in [0.4, 0.5) is 23.7 Å². The molecule has 5 nitrogen and oxygen atoms in total. The van der Waals surface area contributed by atoms with E-state index < -0.39 is 24.4 Å². The largest absolute Gasteiger partial charge is 0.484 e.